The molecule has 1 saturated heterocycles. The molecule has 1 aromatic rings. The molecule has 0 aromatic carbocycles. The van der Waals surface area contributed by atoms with Crippen molar-refractivity contribution >= 4 is 17.7 Å². The van der Waals surface area contributed by atoms with Crippen LogP contribution >= 0.6 is 0 Å². The Morgan fingerprint density at radius 2 is 2.26 bits per heavy atom. The van der Waals surface area contributed by atoms with E-state index in [4.69, 9.17) is 9.84 Å². The van der Waals surface area contributed by atoms with Crippen molar-refractivity contribution in [1.82, 2.24) is 15.1 Å². The number of hydrogen-bond acceptors (Lipinski definition) is 4. The van der Waals surface area contributed by atoms with Crippen LogP contribution < -0.4 is 5.32 Å². The second-order valence-electron chi connectivity index (χ2n) is 4.31. The summed E-state index contributed by atoms with van der Waals surface area (Å²) in [6.07, 6.45) is 4.33. The fourth-order valence-corrected chi connectivity index (χ4v) is 1.94. The third kappa shape index (κ3) is 3.95. The molecule has 0 spiro atoms. The minimum atomic E-state index is -0.972. The van der Waals surface area contributed by atoms with Crippen LogP contribution in [0.25, 0.3) is 0 Å². The summed E-state index contributed by atoms with van der Waals surface area (Å²) in [5, 5.41) is 17.6. The lowest BCUT2D eigenvalue weighted by atomic mass is 10.1. The molecule has 8 heteroatoms. The van der Waals surface area contributed by atoms with Crippen molar-refractivity contribution < 1.29 is 19.4 Å². The van der Waals surface area contributed by atoms with Gasteiger partial charge in [-0.3, -0.25) is 5.10 Å². The number of aromatic amines is 1. The predicted octanol–water partition coefficient (Wildman–Crippen LogP) is 0.507. The summed E-state index contributed by atoms with van der Waals surface area (Å²) in [6.45, 7) is 0.813. The van der Waals surface area contributed by atoms with Crippen molar-refractivity contribution in [3.8, 4) is 0 Å². The van der Waals surface area contributed by atoms with Gasteiger partial charge >= 0.3 is 12.0 Å². The summed E-state index contributed by atoms with van der Waals surface area (Å²) in [5.74, 6) is -0.972. The fourth-order valence-electron chi connectivity index (χ4n) is 1.94. The van der Waals surface area contributed by atoms with Gasteiger partial charge in [0.1, 0.15) is 6.61 Å². The summed E-state index contributed by atoms with van der Waals surface area (Å²) in [5.41, 5.74) is 0.620. The van der Waals surface area contributed by atoms with E-state index in [1.807, 2.05) is 0 Å². The number of amides is 2. The molecular weight excluding hydrogens is 252 g/mol. The summed E-state index contributed by atoms with van der Waals surface area (Å²) < 4.78 is 5.21. The van der Waals surface area contributed by atoms with E-state index in [0.29, 0.717) is 31.6 Å². The number of carbonyl (C=O) groups is 2. The Hall–Kier alpha value is -2.09. The number of piperidine rings is 1. The van der Waals surface area contributed by atoms with Crippen molar-refractivity contribution in [2.75, 3.05) is 25.0 Å². The first-order valence-corrected chi connectivity index (χ1v) is 6.03. The lowest BCUT2D eigenvalue weighted by molar-refractivity contribution is -0.145. The number of carboxylic acid groups (broad SMARTS) is 1. The van der Waals surface area contributed by atoms with E-state index in [2.05, 4.69) is 15.5 Å². The van der Waals surface area contributed by atoms with Gasteiger partial charge in [0.15, 0.2) is 0 Å². The van der Waals surface area contributed by atoms with Gasteiger partial charge in [0, 0.05) is 19.3 Å². The van der Waals surface area contributed by atoms with Crippen LogP contribution in [-0.2, 0) is 9.53 Å². The third-order valence-corrected chi connectivity index (χ3v) is 2.92. The number of likely N-dealkylation sites (tertiary alicyclic amines) is 1. The monoisotopic (exact) mass is 268 g/mol. The molecule has 104 valence electrons. The van der Waals surface area contributed by atoms with Crippen molar-refractivity contribution in [1.29, 1.82) is 0 Å². The zero-order valence-electron chi connectivity index (χ0n) is 10.3. The van der Waals surface area contributed by atoms with Gasteiger partial charge in [0.2, 0.25) is 0 Å². The van der Waals surface area contributed by atoms with Crippen molar-refractivity contribution in [2.45, 2.75) is 18.9 Å². The number of carbonyl (C=O) groups excluding carboxylic acids is 1. The van der Waals surface area contributed by atoms with Crippen molar-refractivity contribution in [3.63, 3.8) is 0 Å². The van der Waals surface area contributed by atoms with Gasteiger partial charge in [-0.15, -0.1) is 0 Å². The Balaban J connectivity index is 1.73. The maximum atomic E-state index is 11.9. The van der Waals surface area contributed by atoms with Gasteiger partial charge in [-0.25, -0.2) is 9.59 Å². The molecule has 1 aliphatic heterocycles. The lowest BCUT2D eigenvalue weighted by Crippen LogP contribution is -2.43. The molecule has 2 rings (SSSR count). The van der Waals surface area contributed by atoms with Crippen LogP contribution in [0.5, 0.6) is 0 Å². The summed E-state index contributed by atoms with van der Waals surface area (Å²) in [4.78, 5) is 23.9. The highest BCUT2D eigenvalue weighted by Crippen LogP contribution is 2.15. The topological polar surface area (TPSA) is 108 Å². The van der Waals surface area contributed by atoms with Crippen molar-refractivity contribution in [3.05, 3.63) is 12.4 Å². The molecule has 1 fully saturated rings. The first-order valence-electron chi connectivity index (χ1n) is 6.03. The average molecular weight is 268 g/mol. The largest absolute Gasteiger partial charge is 0.480 e. The number of aromatic nitrogens is 2. The molecule has 0 saturated carbocycles. The molecule has 2 amide bonds. The molecule has 19 heavy (non-hydrogen) atoms. The molecule has 8 nitrogen and oxygen atoms in total. The van der Waals surface area contributed by atoms with Crippen LogP contribution in [0.1, 0.15) is 12.8 Å². The number of nitrogens with one attached hydrogen (secondary N) is 2. The van der Waals surface area contributed by atoms with Crippen LogP contribution in [0, 0.1) is 0 Å². The molecule has 0 bridgehead atoms. The van der Waals surface area contributed by atoms with Crippen LogP contribution in [-0.4, -0.2) is 58.0 Å². The highest BCUT2D eigenvalue weighted by atomic mass is 16.5. The van der Waals surface area contributed by atoms with Gasteiger partial charge in [-0.05, 0) is 12.8 Å². The van der Waals surface area contributed by atoms with E-state index in [9.17, 15) is 9.59 Å². The Labute approximate surface area is 109 Å². The second kappa shape index (κ2) is 6.19. The van der Waals surface area contributed by atoms with E-state index in [0.717, 1.165) is 0 Å². The molecule has 1 aromatic heterocycles. The zero-order chi connectivity index (χ0) is 13.7. The number of rotatable bonds is 4. The number of aliphatic carboxylic acids is 1. The number of urea groups is 1. The van der Waals surface area contributed by atoms with Crippen LogP contribution in [0.3, 0.4) is 0 Å². The summed E-state index contributed by atoms with van der Waals surface area (Å²) in [6, 6.07) is -0.182. The highest BCUT2D eigenvalue weighted by Gasteiger charge is 2.23. The Morgan fingerprint density at radius 1 is 1.53 bits per heavy atom. The van der Waals surface area contributed by atoms with E-state index < -0.39 is 5.97 Å². The Bertz CT molecular complexity index is 426. The summed E-state index contributed by atoms with van der Waals surface area (Å²) in [7, 11) is 0. The average Bonchev–Trinajstić information content (AvgIpc) is 2.89. The predicted molar refractivity (Wildman–Crippen MR) is 65.8 cm³/mol. The first kappa shape index (κ1) is 13.3. The van der Waals surface area contributed by atoms with Gasteiger partial charge in [-0.2, -0.15) is 5.10 Å². The second-order valence-corrected chi connectivity index (χ2v) is 4.31. The number of carboxylic acids is 1. The van der Waals surface area contributed by atoms with E-state index >= 15 is 0 Å². The molecular formula is C11H16N4O4. The van der Waals surface area contributed by atoms with Crippen molar-refractivity contribution in [2.24, 2.45) is 0 Å². The number of H-pyrrole nitrogens is 1. The molecule has 0 radical (unpaired) electrons. The third-order valence-electron chi connectivity index (χ3n) is 2.92. The molecule has 2 heterocycles. The minimum absolute atomic E-state index is 0.0888. The van der Waals surface area contributed by atoms with E-state index in [-0.39, 0.29) is 18.7 Å². The lowest BCUT2D eigenvalue weighted by Gasteiger charge is -2.31. The highest BCUT2D eigenvalue weighted by molar-refractivity contribution is 5.89. The number of ether oxygens (including phenoxy) is 1. The van der Waals surface area contributed by atoms with Gasteiger partial charge < -0.3 is 20.1 Å². The maximum absolute atomic E-state index is 11.9. The van der Waals surface area contributed by atoms with Gasteiger partial charge in [-0.1, -0.05) is 0 Å². The number of hydrogen-bond donors (Lipinski definition) is 3. The maximum Gasteiger partial charge on any atom is 0.329 e. The van der Waals surface area contributed by atoms with E-state index in [1.165, 1.54) is 6.20 Å². The summed E-state index contributed by atoms with van der Waals surface area (Å²) >= 11 is 0. The Morgan fingerprint density at radius 3 is 2.84 bits per heavy atom. The van der Waals surface area contributed by atoms with Crippen LogP contribution in [0.2, 0.25) is 0 Å². The first-order chi connectivity index (χ1) is 9.15. The van der Waals surface area contributed by atoms with Crippen LogP contribution in [0.4, 0.5) is 10.5 Å². The normalized spacial score (nSPS) is 16.3. The smallest absolute Gasteiger partial charge is 0.329 e. The van der Waals surface area contributed by atoms with Gasteiger partial charge in [0.25, 0.3) is 0 Å². The molecule has 3 N–H and O–H groups in total. The zero-order valence-corrected chi connectivity index (χ0v) is 10.3. The van der Waals surface area contributed by atoms with E-state index in [1.54, 1.807) is 11.1 Å². The fraction of sp³-hybridized carbons (Fsp3) is 0.545. The molecule has 0 unspecified atom stereocenters. The molecule has 0 atom stereocenters. The Kier molecular flexibility index (Phi) is 4.35. The minimum Gasteiger partial charge on any atom is -0.480 e. The van der Waals surface area contributed by atoms with Gasteiger partial charge in [0.05, 0.1) is 18.0 Å². The van der Waals surface area contributed by atoms with Crippen LogP contribution in [0.15, 0.2) is 12.4 Å². The number of nitrogens with zero attached hydrogens (tertiary/aromatic N) is 2. The molecule has 1 aliphatic rings. The number of anilines is 1. The standard InChI is InChI=1S/C11H16N4O4/c16-10(17)7-19-9-1-3-15(4-2-9)11(18)14-8-5-12-13-6-8/h5-6,9H,1-4,7H2,(H,12,13)(H,14,18)(H,16,17). The SMILES string of the molecule is O=C(O)COC1CCN(C(=O)Nc2cn[nH]c2)CC1. The molecule has 0 aliphatic carbocycles. The quantitative estimate of drug-likeness (QED) is 0.737.